The maximum Gasteiger partial charge on any atom is 0.267 e. The Balaban J connectivity index is 2.84. The van der Waals surface area contributed by atoms with Gasteiger partial charge >= 0.3 is 0 Å². The van der Waals surface area contributed by atoms with Crippen molar-refractivity contribution in [2.75, 3.05) is 32.1 Å². The SMILES string of the molecule is CNCCN(C)c1nc[nH]c(=O)c1Br. The van der Waals surface area contributed by atoms with Crippen molar-refractivity contribution in [2.24, 2.45) is 0 Å². The Labute approximate surface area is 90.7 Å². The van der Waals surface area contributed by atoms with Gasteiger partial charge in [0.2, 0.25) is 0 Å². The van der Waals surface area contributed by atoms with Gasteiger partial charge in [0.05, 0.1) is 6.33 Å². The lowest BCUT2D eigenvalue weighted by Crippen LogP contribution is -2.29. The molecule has 14 heavy (non-hydrogen) atoms. The largest absolute Gasteiger partial charge is 0.357 e. The predicted molar refractivity (Wildman–Crippen MR) is 59.8 cm³/mol. The molecule has 6 heteroatoms. The van der Waals surface area contributed by atoms with Gasteiger partial charge in [0.1, 0.15) is 10.3 Å². The molecule has 0 aliphatic heterocycles. The number of aromatic amines is 1. The number of rotatable bonds is 4. The number of aromatic nitrogens is 2. The Hall–Kier alpha value is -0.880. The summed E-state index contributed by atoms with van der Waals surface area (Å²) in [6.45, 7) is 1.64. The lowest BCUT2D eigenvalue weighted by molar-refractivity contribution is 0.758. The number of hydrogen-bond acceptors (Lipinski definition) is 4. The van der Waals surface area contributed by atoms with Gasteiger partial charge in [-0.2, -0.15) is 0 Å². The van der Waals surface area contributed by atoms with Gasteiger partial charge in [0.25, 0.3) is 5.56 Å². The first kappa shape index (κ1) is 11.2. The maximum atomic E-state index is 11.2. The molecule has 78 valence electrons. The van der Waals surface area contributed by atoms with E-state index in [2.05, 4.69) is 31.2 Å². The summed E-state index contributed by atoms with van der Waals surface area (Å²) in [5.41, 5.74) is -0.161. The third kappa shape index (κ3) is 2.55. The van der Waals surface area contributed by atoms with Gasteiger partial charge in [-0.1, -0.05) is 0 Å². The highest BCUT2D eigenvalue weighted by Crippen LogP contribution is 2.16. The van der Waals surface area contributed by atoms with Gasteiger partial charge in [-0.05, 0) is 23.0 Å². The van der Waals surface area contributed by atoms with Crippen LogP contribution < -0.4 is 15.8 Å². The highest BCUT2D eigenvalue weighted by molar-refractivity contribution is 9.10. The molecule has 0 bridgehead atoms. The summed E-state index contributed by atoms with van der Waals surface area (Å²) < 4.78 is 0.471. The van der Waals surface area contributed by atoms with Crippen LogP contribution in [0.2, 0.25) is 0 Å². The first-order valence-corrected chi connectivity index (χ1v) is 5.05. The fourth-order valence-electron chi connectivity index (χ4n) is 1.03. The van der Waals surface area contributed by atoms with E-state index in [4.69, 9.17) is 0 Å². The van der Waals surface area contributed by atoms with E-state index in [-0.39, 0.29) is 5.56 Å². The van der Waals surface area contributed by atoms with E-state index < -0.39 is 0 Å². The Bertz CT molecular complexity index is 351. The number of hydrogen-bond donors (Lipinski definition) is 2. The van der Waals surface area contributed by atoms with Gasteiger partial charge < -0.3 is 15.2 Å². The van der Waals surface area contributed by atoms with E-state index >= 15 is 0 Å². The maximum absolute atomic E-state index is 11.2. The summed E-state index contributed by atoms with van der Waals surface area (Å²) in [7, 11) is 3.78. The summed E-state index contributed by atoms with van der Waals surface area (Å²) >= 11 is 3.20. The van der Waals surface area contributed by atoms with Crippen molar-refractivity contribution < 1.29 is 0 Å². The van der Waals surface area contributed by atoms with E-state index in [1.54, 1.807) is 0 Å². The number of H-pyrrole nitrogens is 1. The second kappa shape index (κ2) is 5.11. The zero-order valence-electron chi connectivity index (χ0n) is 8.17. The molecule has 1 aromatic heterocycles. The number of nitrogens with zero attached hydrogens (tertiary/aromatic N) is 2. The third-order valence-electron chi connectivity index (χ3n) is 1.84. The highest BCUT2D eigenvalue weighted by atomic mass is 79.9. The highest BCUT2D eigenvalue weighted by Gasteiger charge is 2.08. The molecule has 2 N–H and O–H groups in total. The Morgan fingerprint density at radius 1 is 1.71 bits per heavy atom. The van der Waals surface area contributed by atoms with Crippen LogP contribution in [0.25, 0.3) is 0 Å². The van der Waals surface area contributed by atoms with E-state index in [0.29, 0.717) is 10.3 Å². The zero-order valence-corrected chi connectivity index (χ0v) is 9.76. The molecule has 1 rings (SSSR count). The summed E-state index contributed by atoms with van der Waals surface area (Å²) in [4.78, 5) is 19.7. The van der Waals surface area contributed by atoms with Crippen LogP contribution in [-0.4, -0.2) is 37.2 Å². The van der Waals surface area contributed by atoms with E-state index in [1.807, 2.05) is 19.0 Å². The average molecular weight is 261 g/mol. The van der Waals surface area contributed by atoms with Crippen LogP contribution >= 0.6 is 15.9 Å². The zero-order chi connectivity index (χ0) is 10.6. The van der Waals surface area contributed by atoms with Crippen LogP contribution in [0.5, 0.6) is 0 Å². The Morgan fingerprint density at radius 3 is 3.07 bits per heavy atom. The van der Waals surface area contributed by atoms with Crippen LogP contribution in [0.15, 0.2) is 15.6 Å². The van der Waals surface area contributed by atoms with Gasteiger partial charge in [-0.15, -0.1) is 0 Å². The summed E-state index contributed by atoms with van der Waals surface area (Å²) in [6, 6.07) is 0. The van der Waals surface area contributed by atoms with Crippen LogP contribution in [0.1, 0.15) is 0 Å². The van der Waals surface area contributed by atoms with Gasteiger partial charge in [0.15, 0.2) is 0 Å². The van der Waals surface area contributed by atoms with Crippen LogP contribution in [-0.2, 0) is 0 Å². The second-order valence-corrected chi connectivity index (χ2v) is 3.69. The molecule has 1 heterocycles. The quantitative estimate of drug-likeness (QED) is 0.812. The van der Waals surface area contributed by atoms with Crippen molar-refractivity contribution in [1.29, 1.82) is 0 Å². The molecule has 0 fully saturated rings. The summed E-state index contributed by atoms with van der Waals surface area (Å²) in [6.07, 6.45) is 1.40. The number of likely N-dealkylation sites (N-methyl/N-ethyl adjacent to an activating group) is 2. The second-order valence-electron chi connectivity index (χ2n) is 2.89. The van der Waals surface area contributed by atoms with Crippen LogP contribution in [0.3, 0.4) is 0 Å². The third-order valence-corrected chi connectivity index (χ3v) is 2.55. The summed E-state index contributed by atoms with van der Waals surface area (Å²) in [5.74, 6) is 0.656. The molecular formula is C8H13BrN4O. The molecule has 0 unspecified atom stereocenters. The van der Waals surface area contributed by atoms with E-state index in [9.17, 15) is 4.79 Å². The molecular weight excluding hydrogens is 248 g/mol. The van der Waals surface area contributed by atoms with Crippen molar-refractivity contribution in [3.8, 4) is 0 Å². The minimum atomic E-state index is -0.161. The average Bonchev–Trinajstić information content (AvgIpc) is 2.18. The summed E-state index contributed by atoms with van der Waals surface area (Å²) in [5, 5.41) is 3.03. The first-order valence-electron chi connectivity index (χ1n) is 4.25. The predicted octanol–water partition coefficient (Wildman–Crippen LogP) is 0.188. The molecule has 0 radical (unpaired) electrons. The monoisotopic (exact) mass is 260 g/mol. The van der Waals surface area contributed by atoms with E-state index in [0.717, 1.165) is 13.1 Å². The van der Waals surface area contributed by atoms with Crippen molar-refractivity contribution in [2.45, 2.75) is 0 Å². The lowest BCUT2D eigenvalue weighted by Gasteiger charge is -2.18. The van der Waals surface area contributed by atoms with Crippen LogP contribution in [0.4, 0.5) is 5.82 Å². The first-order chi connectivity index (χ1) is 6.66. The van der Waals surface area contributed by atoms with Gasteiger partial charge in [-0.25, -0.2) is 4.98 Å². The smallest absolute Gasteiger partial charge is 0.267 e. The van der Waals surface area contributed by atoms with Crippen molar-refractivity contribution in [1.82, 2.24) is 15.3 Å². The number of anilines is 1. The topological polar surface area (TPSA) is 61.0 Å². The molecule has 0 spiro atoms. The lowest BCUT2D eigenvalue weighted by atomic mass is 10.5. The van der Waals surface area contributed by atoms with Crippen molar-refractivity contribution >= 4 is 21.7 Å². The number of nitrogens with one attached hydrogen (secondary N) is 2. The van der Waals surface area contributed by atoms with E-state index in [1.165, 1.54) is 6.33 Å². The molecule has 0 saturated carbocycles. The fourth-order valence-corrected chi connectivity index (χ4v) is 1.54. The number of halogens is 1. The molecule has 0 aliphatic rings. The standard InChI is InChI=1S/C8H13BrN4O/c1-10-3-4-13(2)7-6(9)8(14)12-5-11-7/h5,10H,3-4H2,1-2H3,(H,11,12,14). The Kier molecular flexibility index (Phi) is 4.09. The van der Waals surface area contributed by atoms with Crippen LogP contribution in [0, 0.1) is 0 Å². The molecule has 0 atom stereocenters. The minimum absolute atomic E-state index is 0.161. The molecule has 0 aromatic carbocycles. The molecule has 1 aromatic rings. The van der Waals surface area contributed by atoms with Crippen molar-refractivity contribution in [3.05, 3.63) is 21.2 Å². The fraction of sp³-hybridized carbons (Fsp3) is 0.500. The Morgan fingerprint density at radius 2 is 2.43 bits per heavy atom. The molecule has 0 aliphatic carbocycles. The molecule has 0 amide bonds. The van der Waals surface area contributed by atoms with Crippen molar-refractivity contribution in [3.63, 3.8) is 0 Å². The normalized spacial score (nSPS) is 10.2. The van der Waals surface area contributed by atoms with Gasteiger partial charge in [0, 0.05) is 20.1 Å². The minimum Gasteiger partial charge on any atom is -0.357 e. The molecule has 0 saturated heterocycles. The van der Waals surface area contributed by atoms with Gasteiger partial charge in [-0.3, -0.25) is 4.79 Å². The molecule has 5 nitrogen and oxygen atoms in total.